The quantitative estimate of drug-likeness (QED) is 0.549. The van der Waals surface area contributed by atoms with Gasteiger partial charge in [-0.3, -0.25) is 9.15 Å². The van der Waals surface area contributed by atoms with Crippen molar-refractivity contribution >= 4 is 13.5 Å². The monoisotopic (exact) mass is 196 g/mol. The van der Waals surface area contributed by atoms with Crippen molar-refractivity contribution in [2.75, 3.05) is 0 Å². The lowest BCUT2D eigenvalue weighted by Crippen LogP contribution is -2.53. The Hall–Kier alpha value is -0.963. The smallest absolute Gasteiger partial charge is 0.193 e. The van der Waals surface area contributed by atoms with Gasteiger partial charge >= 0.3 is 0 Å². The molecule has 3 heteroatoms. The van der Waals surface area contributed by atoms with Crippen LogP contribution in [0.4, 0.5) is 0 Å². The van der Waals surface area contributed by atoms with Gasteiger partial charge in [-0.15, -0.1) is 13.2 Å². The van der Waals surface area contributed by atoms with Crippen LogP contribution in [0.3, 0.4) is 0 Å². The van der Waals surface area contributed by atoms with Crippen molar-refractivity contribution in [1.82, 2.24) is 0 Å². The van der Waals surface area contributed by atoms with Gasteiger partial charge in [0, 0.05) is 0 Å². The second kappa shape index (κ2) is 3.07. The molecule has 0 fully saturated rings. The van der Waals surface area contributed by atoms with E-state index >= 15 is 0 Å². The molecule has 72 valence electrons. The fourth-order valence-electron chi connectivity index (χ4n) is 1.53. The molecule has 13 heavy (non-hydrogen) atoms. The fraction of sp³-hybridized carbons (Fsp3) is 0.400. The zero-order valence-corrected chi connectivity index (χ0v) is 9.46. The van der Waals surface area contributed by atoms with Gasteiger partial charge in [-0.1, -0.05) is 32.2 Å². The van der Waals surface area contributed by atoms with Crippen LogP contribution in [0.15, 0.2) is 40.0 Å². The predicted octanol–water partition coefficient (Wildman–Crippen LogP) is 2.78. The number of hydrogen-bond donors (Lipinski definition) is 0. The average molecular weight is 196 g/mol. The molecule has 0 atom stereocenters. The third-order valence-electron chi connectivity index (χ3n) is 2.59. The molecule has 0 spiro atoms. The van der Waals surface area contributed by atoms with E-state index in [4.69, 9.17) is 4.58 Å². The van der Waals surface area contributed by atoms with Crippen LogP contribution in [0.5, 0.6) is 0 Å². The summed E-state index contributed by atoms with van der Waals surface area (Å²) in [5.41, 5.74) is 3.96. The Balaban J connectivity index is 3.19. The summed E-state index contributed by atoms with van der Waals surface area (Å²) in [5.74, 6) is 0. The third kappa shape index (κ3) is 1.33. The van der Waals surface area contributed by atoms with Gasteiger partial charge in [-0.2, -0.15) is 0 Å². The first kappa shape index (κ1) is 10.1. The SMILES string of the molecule is C=C[Si](C=C)(c1coo1)C(C)(C)C. The van der Waals surface area contributed by atoms with Crippen LogP contribution in [0, 0.1) is 0 Å². The number of hydrogen-bond acceptors (Lipinski definition) is 2. The van der Waals surface area contributed by atoms with E-state index in [0.717, 1.165) is 5.38 Å². The highest BCUT2D eigenvalue weighted by molar-refractivity contribution is 7.01. The fourth-order valence-corrected chi connectivity index (χ4v) is 4.49. The molecule has 0 aromatic carbocycles. The van der Waals surface area contributed by atoms with Crippen LogP contribution in [-0.4, -0.2) is 8.07 Å². The standard InChI is InChI=1S/C10H16O2Si/c1-6-13(7-2,10(3,4)5)9-8-11-12-9/h6-8H,1-2H2,3-5H3. The van der Waals surface area contributed by atoms with Crippen LogP contribution in [0.25, 0.3) is 0 Å². The Bertz CT molecular complexity index is 284. The highest BCUT2D eigenvalue weighted by atomic mass is 28.3. The lowest BCUT2D eigenvalue weighted by molar-refractivity contribution is 0.0202. The summed E-state index contributed by atoms with van der Waals surface area (Å²) in [7, 11) is -1.92. The molecule has 0 aliphatic heterocycles. The molecular formula is C10H16O2Si. The molecule has 0 N–H and O–H groups in total. The Morgan fingerprint density at radius 3 is 1.85 bits per heavy atom. The van der Waals surface area contributed by atoms with E-state index in [0.29, 0.717) is 0 Å². The van der Waals surface area contributed by atoms with Crippen LogP contribution in [0.1, 0.15) is 20.8 Å². The van der Waals surface area contributed by atoms with Gasteiger partial charge in [0.2, 0.25) is 0 Å². The first-order valence-electron chi connectivity index (χ1n) is 4.29. The van der Waals surface area contributed by atoms with Crippen LogP contribution < -0.4 is 5.38 Å². The van der Waals surface area contributed by atoms with Gasteiger partial charge in [0.05, 0.1) is 0 Å². The molecule has 0 aliphatic rings. The molecule has 2 nitrogen and oxygen atoms in total. The molecule has 0 radical (unpaired) electrons. The summed E-state index contributed by atoms with van der Waals surface area (Å²) in [6, 6.07) is 0. The summed E-state index contributed by atoms with van der Waals surface area (Å²) in [4.78, 5) is 0. The Kier molecular flexibility index (Phi) is 2.39. The topological polar surface area (TPSA) is 26.3 Å². The van der Waals surface area contributed by atoms with Crippen LogP contribution in [0.2, 0.25) is 5.04 Å². The van der Waals surface area contributed by atoms with Gasteiger partial charge < -0.3 is 0 Å². The third-order valence-corrected chi connectivity index (χ3v) is 7.37. The lowest BCUT2D eigenvalue weighted by Gasteiger charge is -2.35. The van der Waals surface area contributed by atoms with Gasteiger partial charge in [0.25, 0.3) is 0 Å². The Labute approximate surface area is 79.9 Å². The van der Waals surface area contributed by atoms with Crippen molar-refractivity contribution in [3.8, 4) is 0 Å². The maximum absolute atomic E-state index is 4.98. The summed E-state index contributed by atoms with van der Waals surface area (Å²) in [5, 5.41) is 1.02. The molecule has 0 bridgehead atoms. The summed E-state index contributed by atoms with van der Waals surface area (Å²) >= 11 is 0. The van der Waals surface area contributed by atoms with Crippen molar-refractivity contribution in [3.05, 3.63) is 30.8 Å². The molecular weight excluding hydrogens is 180 g/mol. The first-order chi connectivity index (χ1) is 5.98. The molecule has 1 aromatic rings. The summed E-state index contributed by atoms with van der Waals surface area (Å²) < 4.78 is 9.60. The molecule has 0 saturated carbocycles. The highest BCUT2D eigenvalue weighted by Crippen LogP contribution is 2.37. The van der Waals surface area contributed by atoms with Gasteiger partial charge in [0.1, 0.15) is 0 Å². The Morgan fingerprint density at radius 2 is 1.77 bits per heavy atom. The molecule has 0 saturated heterocycles. The van der Waals surface area contributed by atoms with E-state index < -0.39 is 8.07 Å². The van der Waals surface area contributed by atoms with E-state index in [-0.39, 0.29) is 5.04 Å². The molecule has 1 heterocycles. The summed E-state index contributed by atoms with van der Waals surface area (Å²) in [6.45, 7) is 14.3. The average Bonchev–Trinajstić information content (AvgIpc) is 1.93. The normalized spacial score (nSPS) is 12.8. The van der Waals surface area contributed by atoms with Crippen molar-refractivity contribution in [2.24, 2.45) is 0 Å². The summed E-state index contributed by atoms with van der Waals surface area (Å²) in [6.07, 6.45) is 1.65. The van der Waals surface area contributed by atoms with E-state index in [2.05, 4.69) is 38.5 Å². The highest BCUT2D eigenvalue weighted by Gasteiger charge is 2.46. The maximum Gasteiger partial charge on any atom is 0.193 e. The van der Waals surface area contributed by atoms with E-state index in [9.17, 15) is 0 Å². The zero-order chi connectivity index (χ0) is 10.1. The second-order valence-electron chi connectivity index (χ2n) is 4.19. The predicted molar refractivity (Wildman–Crippen MR) is 56.5 cm³/mol. The van der Waals surface area contributed by atoms with Crippen molar-refractivity contribution in [2.45, 2.75) is 25.8 Å². The van der Waals surface area contributed by atoms with Crippen LogP contribution >= 0.6 is 0 Å². The van der Waals surface area contributed by atoms with Crippen molar-refractivity contribution < 1.29 is 9.15 Å². The second-order valence-corrected chi connectivity index (χ2v) is 8.74. The van der Waals surface area contributed by atoms with Crippen molar-refractivity contribution in [1.29, 1.82) is 0 Å². The maximum atomic E-state index is 4.98. The largest absolute Gasteiger partial charge is 0.296 e. The zero-order valence-electron chi connectivity index (χ0n) is 8.46. The Morgan fingerprint density at radius 1 is 1.31 bits per heavy atom. The van der Waals surface area contributed by atoms with Gasteiger partial charge in [-0.25, -0.2) is 0 Å². The molecule has 1 rings (SSSR count). The van der Waals surface area contributed by atoms with E-state index in [1.807, 2.05) is 11.4 Å². The van der Waals surface area contributed by atoms with Gasteiger partial charge in [0.15, 0.2) is 19.7 Å². The number of rotatable bonds is 3. The van der Waals surface area contributed by atoms with Gasteiger partial charge in [-0.05, 0) is 5.04 Å². The molecule has 0 amide bonds. The van der Waals surface area contributed by atoms with Crippen LogP contribution in [-0.2, 0) is 0 Å². The van der Waals surface area contributed by atoms with Crippen molar-refractivity contribution in [3.63, 3.8) is 0 Å². The molecule has 1 aromatic heterocycles. The lowest BCUT2D eigenvalue weighted by atomic mass is 10.2. The molecule has 0 aliphatic carbocycles. The minimum atomic E-state index is -1.92. The molecule has 0 unspecified atom stereocenters. The van der Waals surface area contributed by atoms with E-state index in [1.165, 1.54) is 0 Å². The van der Waals surface area contributed by atoms with E-state index in [1.54, 1.807) is 6.26 Å². The minimum absolute atomic E-state index is 0.117. The first-order valence-corrected chi connectivity index (χ1v) is 6.44. The minimum Gasteiger partial charge on any atom is -0.296 e.